The lowest BCUT2D eigenvalue weighted by Crippen LogP contribution is -2.47. The predicted octanol–water partition coefficient (Wildman–Crippen LogP) is 0.797. The Bertz CT molecular complexity index is 438. The molecule has 1 N–H and O–H groups in total. The first-order valence-corrected chi connectivity index (χ1v) is 8.86. The summed E-state index contributed by atoms with van der Waals surface area (Å²) in [7, 11) is -0.228. The van der Waals surface area contributed by atoms with E-state index in [1.807, 2.05) is 41.8 Å². The summed E-state index contributed by atoms with van der Waals surface area (Å²) in [6, 6.07) is 0. The fourth-order valence-electron chi connectivity index (χ4n) is 1.81. The molecule has 6 nitrogen and oxygen atoms in total. The molecule has 0 saturated heterocycles. The van der Waals surface area contributed by atoms with Crippen LogP contribution in [-0.2, 0) is 14.9 Å². The highest BCUT2D eigenvalue weighted by molar-refractivity contribution is 7.85. The summed E-state index contributed by atoms with van der Waals surface area (Å²) in [6.07, 6.45) is 0.338. The van der Waals surface area contributed by atoms with Gasteiger partial charge in [-0.2, -0.15) is 0 Å². The quantitative estimate of drug-likeness (QED) is 0.529. The largest absolute Gasteiger partial charge is 0.748 e. The zero-order valence-corrected chi connectivity index (χ0v) is 14.9. The van der Waals surface area contributed by atoms with Crippen molar-refractivity contribution < 1.29 is 22.2 Å². The van der Waals surface area contributed by atoms with Crippen molar-refractivity contribution in [2.24, 2.45) is 11.3 Å². The summed E-state index contributed by atoms with van der Waals surface area (Å²) in [6.45, 7) is 9.82. The third-order valence-electron chi connectivity index (χ3n) is 3.87. The highest BCUT2D eigenvalue weighted by Gasteiger charge is 2.26. The second-order valence-corrected chi connectivity index (χ2v) is 8.90. The molecule has 126 valence electrons. The molecule has 1 unspecified atom stereocenters. The van der Waals surface area contributed by atoms with Crippen LogP contribution in [0.2, 0.25) is 0 Å². The maximum Gasteiger partial charge on any atom is 0.223 e. The Balaban J connectivity index is 4.12. The van der Waals surface area contributed by atoms with Gasteiger partial charge in [-0.15, -0.1) is 0 Å². The number of carbonyl (C=O) groups is 1. The molecule has 0 saturated carbocycles. The molecule has 0 spiro atoms. The highest BCUT2D eigenvalue weighted by Crippen LogP contribution is 2.25. The highest BCUT2D eigenvalue weighted by atomic mass is 32.2. The summed E-state index contributed by atoms with van der Waals surface area (Å²) >= 11 is 0. The normalized spacial score (nSPS) is 14.8. The van der Waals surface area contributed by atoms with E-state index in [0.29, 0.717) is 30.5 Å². The first-order valence-electron chi connectivity index (χ1n) is 7.28. The van der Waals surface area contributed by atoms with Crippen LogP contribution in [0.5, 0.6) is 0 Å². The number of likely N-dealkylation sites (N-methyl/N-ethyl adjacent to an activating group) is 1. The molecular weight excluding hydrogens is 292 g/mol. The summed E-state index contributed by atoms with van der Waals surface area (Å²) < 4.78 is 32.3. The molecule has 1 amide bonds. The molecule has 0 aliphatic carbocycles. The van der Waals surface area contributed by atoms with Gasteiger partial charge in [0, 0.05) is 18.1 Å². The minimum Gasteiger partial charge on any atom is -0.748 e. The van der Waals surface area contributed by atoms with Crippen molar-refractivity contribution in [1.82, 2.24) is 5.32 Å². The summed E-state index contributed by atoms with van der Waals surface area (Å²) in [5.74, 6) is -0.370. The van der Waals surface area contributed by atoms with Crippen molar-refractivity contribution >= 4 is 16.0 Å². The maximum absolute atomic E-state index is 12.0. The van der Waals surface area contributed by atoms with Crippen LogP contribution in [-0.4, -0.2) is 62.8 Å². The smallest absolute Gasteiger partial charge is 0.223 e. The van der Waals surface area contributed by atoms with E-state index in [-0.39, 0.29) is 23.0 Å². The van der Waals surface area contributed by atoms with E-state index in [9.17, 15) is 17.8 Å². The van der Waals surface area contributed by atoms with Gasteiger partial charge < -0.3 is 14.4 Å². The van der Waals surface area contributed by atoms with Crippen LogP contribution in [0.3, 0.4) is 0 Å². The minimum absolute atomic E-state index is 0.0321. The van der Waals surface area contributed by atoms with Crippen LogP contribution in [0.1, 0.15) is 34.1 Å². The number of nitrogens with zero attached hydrogens (tertiary/aromatic N) is 1. The molecule has 0 aromatic carbocycles. The summed E-state index contributed by atoms with van der Waals surface area (Å²) in [4.78, 5) is 12.0. The summed E-state index contributed by atoms with van der Waals surface area (Å²) in [5, 5.41) is 2.92. The number of carbonyl (C=O) groups excluding carboxylic acids is 1. The number of rotatable bonds is 8. The molecule has 0 aliphatic heterocycles. The van der Waals surface area contributed by atoms with E-state index >= 15 is 0 Å². The molecule has 0 aromatic heterocycles. The van der Waals surface area contributed by atoms with Gasteiger partial charge in [-0.1, -0.05) is 27.7 Å². The van der Waals surface area contributed by atoms with Gasteiger partial charge in [0.1, 0.15) is 0 Å². The van der Waals surface area contributed by atoms with Gasteiger partial charge in [0.15, 0.2) is 0 Å². The number of amides is 1. The molecule has 0 radical (unpaired) electrons. The molecule has 0 rings (SSSR count). The van der Waals surface area contributed by atoms with Gasteiger partial charge in [0.2, 0.25) is 5.91 Å². The van der Waals surface area contributed by atoms with E-state index in [1.54, 1.807) is 0 Å². The van der Waals surface area contributed by atoms with Crippen molar-refractivity contribution in [1.29, 1.82) is 0 Å². The van der Waals surface area contributed by atoms with Crippen molar-refractivity contribution in [3.05, 3.63) is 0 Å². The molecule has 0 heterocycles. The Morgan fingerprint density at radius 1 is 1.24 bits per heavy atom. The lowest BCUT2D eigenvalue weighted by Gasteiger charge is -2.31. The van der Waals surface area contributed by atoms with Gasteiger partial charge in [0.05, 0.1) is 43.8 Å². The number of hydrogen-bond donors (Lipinski definition) is 1. The van der Waals surface area contributed by atoms with Gasteiger partial charge >= 0.3 is 0 Å². The Morgan fingerprint density at radius 3 is 2.19 bits per heavy atom. The Kier molecular flexibility index (Phi) is 7.32. The fourth-order valence-corrected chi connectivity index (χ4v) is 2.29. The van der Waals surface area contributed by atoms with Crippen LogP contribution >= 0.6 is 0 Å². The van der Waals surface area contributed by atoms with Crippen LogP contribution in [0, 0.1) is 11.3 Å². The molecular formula is C14H30N2O4S. The van der Waals surface area contributed by atoms with Crippen molar-refractivity contribution in [2.45, 2.75) is 34.1 Å². The van der Waals surface area contributed by atoms with Gasteiger partial charge in [-0.05, 0) is 5.41 Å². The third kappa shape index (κ3) is 9.82. The van der Waals surface area contributed by atoms with E-state index in [4.69, 9.17) is 0 Å². The van der Waals surface area contributed by atoms with E-state index in [1.165, 1.54) is 0 Å². The fraction of sp³-hybridized carbons (Fsp3) is 0.929. The van der Waals surface area contributed by atoms with Gasteiger partial charge in [-0.25, -0.2) is 8.42 Å². The second-order valence-electron chi connectivity index (χ2n) is 7.38. The molecule has 0 bridgehead atoms. The minimum atomic E-state index is -4.14. The Labute approximate surface area is 129 Å². The lowest BCUT2D eigenvalue weighted by atomic mass is 9.81. The van der Waals surface area contributed by atoms with E-state index < -0.39 is 10.1 Å². The first kappa shape index (κ1) is 20.3. The van der Waals surface area contributed by atoms with Crippen molar-refractivity contribution in [3.8, 4) is 0 Å². The van der Waals surface area contributed by atoms with Gasteiger partial charge in [-0.3, -0.25) is 4.79 Å². The maximum atomic E-state index is 12.0. The van der Waals surface area contributed by atoms with Crippen molar-refractivity contribution in [3.63, 3.8) is 0 Å². The first-order chi connectivity index (χ1) is 9.25. The molecule has 0 aliphatic rings. The molecule has 7 heteroatoms. The SMILES string of the molecule is CC(C(=O)NCC[N+](C)(C)CCCS(=O)(=O)[O-])C(C)(C)C. The van der Waals surface area contributed by atoms with Crippen LogP contribution in [0.15, 0.2) is 0 Å². The molecule has 1 atom stereocenters. The predicted molar refractivity (Wildman–Crippen MR) is 82.7 cm³/mol. The lowest BCUT2D eigenvalue weighted by molar-refractivity contribution is -0.889. The van der Waals surface area contributed by atoms with Crippen LogP contribution < -0.4 is 5.32 Å². The van der Waals surface area contributed by atoms with E-state index in [2.05, 4.69) is 5.32 Å². The van der Waals surface area contributed by atoms with Crippen molar-refractivity contribution in [2.75, 3.05) is 39.5 Å². The second kappa shape index (κ2) is 7.56. The average molecular weight is 322 g/mol. The van der Waals surface area contributed by atoms with Gasteiger partial charge in [0.25, 0.3) is 0 Å². The van der Waals surface area contributed by atoms with Crippen LogP contribution in [0.4, 0.5) is 0 Å². The number of hydrogen-bond acceptors (Lipinski definition) is 4. The number of nitrogens with one attached hydrogen (secondary N) is 1. The van der Waals surface area contributed by atoms with E-state index in [0.717, 1.165) is 0 Å². The molecule has 0 fully saturated rings. The number of quaternary nitrogens is 1. The Morgan fingerprint density at radius 2 is 1.76 bits per heavy atom. The topological polar surface area (TPSA) is 86.3 Å². The summed E-state index contributed by atoms with van der Waals surface area (Å²) in [5.41, 5.74) is -0.0725. The monoisotopic (exact) mass is 322 g/mol. The standard InChI is InChI=1S/C14H30N2O4S/c1-12(14(2,3)4)13(17)15-8-10-16(5,6)9-7-11-21(18,19)20/h12H,7-11H2,1-6H3,(H-,15,17,18,19,20). The molecule has 0 aromatic rings. The third-order valence-corrected chi connectivity index (χ3v) is 4.66. The van der Waals surface area contributed by atoms with Crippen LogP contribution in [0.25, 0.3) is 0 Å². The average Bonchev–Trinajstić information content (AvgIpc) is 2.23. The zero-order valence-electron chi connectivity index (χ0n) is 14.1. The molecule has 21 heavy (non-hydrogen) atoms. The zero-order chi connectivity index (χ0) is 16.9. The Hall–Kier alpha value is -0.660.